The number of aromatic nitrogens is 2. The molecular weight excluding hydrogens is 210 g/mol. The third-order valence-corrected chi connectivity index (χ3v) is 2.53. The van der Waals surface area contributed by atoms with Crippen LogP contribution >= 0.6 is 11.6 Å². The number of aryl methyl sites for hydroxylation is 1. The van der Waals surface area contributed by atoms with Gasteiger partial charge in [0.05, 0.1) is 0 Å². The van der Waals surface area contributed by atoms with Crippen molar-refractivity contribution in [2.24, 2.45) is 0 Å². The van der Waals surface area contributed by atoms with Crippen molar-refractivity contribution in [1.82, 2.24) is 9.97 Å². The molecule has 0 amide bonds. The van der Waals surface area contributed by atoms with Gasteiger partial charge in [-0.25, -0.2) is 9.97 Å². The fourth-order valence-electron chi connectivity index (χ4n) is 1.23. The van der Waals surface area contributed by atoms with Crippen LogP contribution in [0.3, 0.4) is 0 Å². The monoisotopic (exact) mass is 227 g/mol. The molecular formula is C11H18ClN3. The first-order valence-corrected chi connectivity index (χ1v) is 5.68. The average molecular weight is 228 g/mol. The Kier molecular flexibility index (Phi) is 4.33. The average Bonchev–Trinajstić information content (AvgIpc) is 2.16. The quantitative estimate of drug-likeness (QED) is 0.741. The largest absolute Gasteiger partial charge is 0.357 e. The van der Waals surface area contributed by atoms with Crippen molar-refractivity contribution < 1.29 is 0 Å². The highest BCUT2D eigenvalue weighted by molar-refractivity contribution is 6.29. The molecule has 1 aromatic heterocycles. The molecule has 0 unspecified atom stereocenters. The number of hydrogen-bond acceptors (Lipinski definition) is 3. The van der Waals surface area contributed by atoms with E-state index in [0.29, 0.717) is 11.2 Å². The van der Waals surface area contributed by atoms with Crippen molar-refractivity contribution >= 4 is 17.4 Å². The third kappa shape index (κ3) is 3.34. The van der Waals surface area contributed by atoms with Crippen LogP contribution in [0.1, 0.15) is 33.0 Å². The SMILES string of the molecule is CCCc1nc(Cl)cc(N(C)C(C)C)n1. The molecule has 15 heavy (non-hydrogen) atoms. The predicted octanol–water partition coefficient (Wildman–Crippen LogP) is 2.93. The Bertz CT molecular complexity index is 326. The van der Waals surface area contributed by atoms with Gasteiger partial charge in [0, 0.05) is 25.6 Å². The van der Waals surface area contributed by atoms with Crippen molar-refractivity contribution in [2.45, 2.75) is 39.7 Å². The smallest absolute Gasteiger partial charge is 0.134 e. The number of anilines is 1. The van der Waals surface area contributed by atoms with Crippen molar-refractivity contribution in [3.63, 3.8) is 0 Å². The van der Waals surface area contributed by atoms with Crippen LogP contribution in [0.15, 0.2) is 6.07 Å². The third-order valence-electron chi connectivity index (χ3n) is 2.34. The molecule has 4 heteroatoms. The van der Waals surface area contributed by atoms with E-state index in [9.17, 15) is 0 Å². The topological polar surface area (TPSA) is 29.0 Å². The lowest BCUT2D eigenvalue weighted by atomic mass is 10.3. The maximum Gasteiger partial charge on any atom is 0.134 e. The van der Waals surface area contributed by atoms with Crippen molar-refractivity contribution in [2.75, 3.05) is 11.9 Å². The van der Waals surface area contributed by atoms with Gasteiger partial charge in [-0.15, -0.1) is 0 Å². The Morgan fingerprint density at radius 1 is 1.40 bits per heavy atom. The standard InChI is InChI=1S/C11H18ClN3/c1-5-6-10-13-9(12)7-11(14-10)15(4)8(2)3/h7-8H,5-6H2,1-4H3. The minimum Gasteiger partial charge on any atom is -0.357 e. The van der Waals surface area contributed by atoms with Gasteiger partial charge in [-0.2, -0.15) is 0 Å². The molecule has 0 bridgehead atoms. The minimum atomic E-state index is 0.408. The van der Waals surface area contributed by atoms with Gasteiger partial charge >= 0.3 is 0 Å². The van der Waals surface area contributed by atoms with Crippen LogP contribution in [-0.4, -0.2) is 23.1 Å². The van der Waals surface area contributed by atoms with Crippen LogP contribution in [-0.2, 0) is 6.42 Å². The molecule has 0 aliphatic heterocycles. The Morgan fingerprint density at radius 3 is 2.60 bits per heavy atom. The van der Waals surface area contributed by atoms with Gasteiger partial charge in [0.1, 0.15) is 16.8 Å². The first-order valence-electron chi connectivity index (χ1n) is 5.31. The van der Waals surface area contributed by atoms with Crippen molar-refractivity contribution in [1.29, 1.82) is 0 Å². The van der Waals surface area contributed by atoms with Gasteiger partial charge in [-0.1, -0.05) is 18.5 Å². The lowest BCUT2D eigenvalue weighted by molar-refractivity contribution is 0.731. The maximum atomic E-state index is 5.96. The first-order chi connectivity index (χ1) is 7.04. The summed E-state index contributed by atoms with van der Waals surface area (Å²) >= 11 is 5.96. The molecule has 0 radical (unpaired) electrons. The Balaban J connectivity index is 2.97. The van der Waals surface area contributed by atoms with Crippen LogP contribution in [0.2, 0.25) is 5.15 Å². The Hall–Kier alpha value is -0.830. The maximum absolute atomic E-state index is 5.96. The minimum absolute atomic E-state index is 0.408. The van der Waals surface area contributed by atoms with E-state index in [2.05, 4.69) is 35.6 Å². The summed E-state index contributed by atoms with van der Waals surface area (Å²) in [6.07, 6.45) is 1.91. The number of halogens is 1. The lowest BCUT2D eigenvalue weighted by Gasteiger charge is -2.22. The molecule has 0 spiro atoms. The summed E-state index contributed by atoms with van der Waals surface area (Å²) < 4.78 is 0. The highest BCUT2D eigenvalue weighted by atomic mass is 35.5. The van der Waals surface area contributed by atoms with E-state index in [-0.39, 0.29) is 0 Å². The van der Waals surface area contributed by atoms with E-state index in [4.69, 9.17) is 11.6 Å². The van der Waals surface area contributed by atoms with E-state index < -0.39 is 0 Å². The zero-order valence-corrected chi connectivity index (χ0v) is 10.5. The summed E-state index contributed by atoms with van der Waals surface area (Å²) in [6.45, 7) is 6.35. The van der Waals surface area contributed by atoms with E-state index in [1.807, 2.05) is 7.05 Å². The van der Waals surface area contributed by atoms with Gasteiger partial charge in [0.2, 0.25) is 0 Å². The fraction of sp³-hybridized carbons (Fsp3) is 0.636. The molecule has 0 atom stereocenters. The molecule has 1 rings (SSSR count). The molecule has 0 aromatic carbocycles. The van der Waals surface area contributed by atoms with Crippen molar-refractivity contribution in [3.05, 3.63) is 17.0 Å². The molecule has 3 nitrogen and oxygen atoms in total. The van der Waals surface area contributed by atoms with Crippen LogP contribution in [0.25, 0.3) is 0 Å². The Morgan fingerprint density at radius 2 is 2.07 bits per heavy atom. The van der Waals surface area contributed by atoms with Gasteiger partial charge < -0.3 is 4.90 Å². The second-order valence-corrected chi connectivity index (χ2v) is 4.31. The lowest BCUT2D eigenvalue weighted by Crippen LogP contribution is -2.27. The first kappa shape index (κ1) is 12.2. The number of nitrogens with zero attached hydrogens (tertiary/aromatic N) is 3. The summed E-state index contributed by atoms with van der Waals surface area (Å²) in [7, 11) is 2.01. The van der Waals surface area contributed by atoms with E-state index in [0.717, 1.165) is 24.5 Å². The molecule has 1 heterocycles. The van der Waals surface area contributed by atoms with Gasteiger partial charge in [-0.3, -0.25) is 0 Å². The zero-order chi connectivity index (χ0) is 11.4. The van der Waals surface area contributed by atoms with E-state index >= 15 is 0 Å². The van der Waals surface area contributed by atoms with Crippen LogP contribution in [0.5, 0.6) is 0 Å². The summed E-state index contributed by atoms with van der Waals surface area (Å²) in [5.74, 6) is 1.72. The van der Waals surface area contributed by atoms with Gasteiger partial charge in [0.15, 0.2) is 0 Å². The molecule has 0 saturated carbocycles. The van der Waals surface area contributed by atoms with Crippen LogP contribution < -0.4 is 4.90 Å². The molecule has 84 valence electrons. The summed E-state index contributed by atoms with van der Waals surface area (Å²) in [4.78, 5) is 10.8. The van der Waals surface area contributed by atoms with Gasteiger partial charge in [0.25, 0.3) is 0 Å². The highest BCUT2D eigenvalue weighted by Gasteiger charge is 2.09. The molecule has 0 N–H and O–H groups in total. The molecule has 0 aliphatic rings. The summed E-state index contributed by atoms with van der Waals surface area (Å²) in [5.41, 5.74) is 0. The van der Waals surface area contributed by atoms with E-state index in [1.165, 1.54) is 0 Å². The van der Waals surface area contributed by atoms with Crippen LogP contribution in [0.4, 0.5) is 5.82 Å². The van der Waals surface area contributed by atoms with Crippen molar-refractivity contribution in [3.8, 4) is 0 Å². The summed E-state index contributed by atoms with van der Waals surface area (Å²) in [6, 6.07) is 2.21. The number of hydrogen-bond donors (Lipinski definition) is 0. The molecule has 0 saturated heterocycles. The second-order valence-electron chi connectivity index (χ2n) is 3.92. The van der Waals surface area contributed by atoms with Crippen LogP contribution in [0, 0.1) is 0 Å². The predicted molar refractivity (Wildman–Crippen MR) is 64.6 cm³/mol. The molecule has 1 aromatic rings. The molecule has 0 aliphatic carbocycles. The second kappa shape index (κ2) is 5.31. The highest BCUT2D eigenvalue weighted by Crippen LogP contribution is 2.17. The zero-order valence-electron chi connectivity index (χ0n) is 9.79. The molecule has 0 fully saturated rings. The number of rotatable bonds is 4. The normalized spacial score (nSPS) is 10.8. The summed E-state index contributed by atoms with van der Waals surface area (Å²) in [5, 5.41) is 0.524. The van der Waals surface area contributed by atoms with E-state index in [1.54, 1.807) is 6.07 Å². The van der Waals surface area contributed by atoms with Gasteiger partial charge in [-0.05, 0) is 20.3 Å². The Labute approximate surface area is 96.5 Å². The fourth-order valence-corrected chi connectivity index (χ4v) is 1.43.